The Morgan fingerprint density at radius 3 is 3.12 bits per heavy atom. The summed E-state index contributed by atoms with van der Waals surface area (Å²) in [6, 6.07) is 2.15. The lowest BCUT2D eigenvalue weighted by Crippen LogP contribution is -2.49. The van der Waals surface area contributed by atoms with Crippen molar-refractivity contribution in [3.63, 3.8) is 0 Å². The summed E-state index contributed by atoms with van der Waals surface area (Å²) < 4.78 is 2.01. The molecule has 4 rings (SSSR count). The van der Waals surface area contributed by atoms with Crippen LogP contribution in [0.3, 0.4) is 0 Å². The van der Waals surface area contributed by atoms with Crippen LogP contribution in [0.5, 0.6) is 0 Å². The van der Waals surface area contributed by atoms with Crippen LogP contribution in [0.2, 0.25) is 0 Å². The van der Waals surface area contributed by atoms with Gasteiger partial charge in [0.2, 0.25) is 0 Å². The number of carbonyl (C=O) groups excluding carboxylic acids is 1. The lowest BCUT2D eigenvalue weighted by atomic mass is 9.90. The molecule has 1 N–H and O–H groups in total. The molecule has 0 aromatic carbocycles. The molecule has 1 aliphatic carbocycles. The molecule has 0 bridgehead atoms. The number of aromatic nitrogens is 2. The second kappa shape index (κ2) is 6.33. The molecule has 0 saturated carbocycles. The van der Waals surface area contributed by atoms with Gasteiger partial charge in [0, 0.05) is 44.0 Å². The molecule has 1 saturated heterocycles. The van der Waals surface area contributed by atoms with Gasteiger partial charge < -0.3 is 14.8 Å². The molecule has 1 aliphatic heterocycles. The fraction of sp³-hybridized carbons (Fsp3) is 0.556. The van der Waals surface area contributed by atoms with E-state index in [0.29, 0.717) is 0 Å². The number of nitrogens with zero attached hydrogens (tertiary/aromatic N) is 3. The van der Waals surface area contributed by atoms with Crippen LogP contribution in [0.4, 0.5) is 0 Å². The molecule has 1 amide bonds. The van der Waals surface area contributed by atoms with Gasteiger partial charge in [-0.3, -0.25) is 4.79 Å². The second-order valence-corrected chi connectivity index (χ2v) is 8.16. The van der Waals surface area contributed by atoms with E-state index in [1.54, 1.807) is 17.5 Å². The first-order valence-corrected chi connectivity index (χ1v) is 9.55. The maximum atomic E-state index is 13.2. The lowest BCUT2D eigenvalue weighted by molar-refractivity contribution is 0.0626. The second-order valence-electron chi connectivity index (χ2n) is 7.02. The fourth-order valence-corrected chi connectivity index (χ4v) is 4.99. The molecule has 2 aromatic rings. The van der Waals surface area contributed by atoms with Gasteiger partial charge in [-0.25, -0.2) is 4.98 Å². The average molecular weight is 344 g/mol. The van der Waals surface area contributed by atoms with Crippen molar-refractivity contribution in [2.45, 2.75) is 32.2 Å². The molecule has 128 valence electrons. The summed E-state index contributed by atoms with van der Waals surface area (Å²) in [6.45, 7) is 4.64. The Morgan fingerprint density at radius 1 is 1.46 bits per heavy atom. The number of imidazole rings is 1. The SMILES string of the molecule is CC1CCc2sc(C(=O)N3CCNCC3c3nccn3C)cc2C1. The van der Waals surface area contributed by atoms with E-state index in [2.05, 4.69) is 23.3 Å². The minimum Gasteiger partial charge on any atom is -0.336 e. The van der Waals surface area contributed by atoms with Gasteiger partial charge in [0.05, 0.1) is 4.88 Å². The molecule has 0 spiro atoms. The Balaban J connectivity index is 1.61. The number of hydrogen-bond acceptors (Lipinski definition) is 4. The normalized spacial score (nSPS) is 24.0. The fourth-order valence-electron chi connectivity index (χ4n) is 3.83. The molecule has 1 fully saturated rings. The van der Waals surface area contributed by atoms with Crippen LogP contribution in [-0.2, 0) is 19.9 Å². The van der Waals surface area contributed by atoms with E-state index < -0.39 is 0 Å². The number of hydrogen-bond donors (Lipinski definition) is 1. The van der Waals surface area contributed by atoms with Crippen LogP contribution in [0.1, 0.15) is 45.3 Å². The number of thiophene rings is 1. The topological polar surface area (TPSA) is 50.2 Å². The predicted molar refractivity (Wildman–Crippen MR) is 95.4 cm³/mol. The first-order valence-electron chi connectivity index (χ1n) is 8.74. The van der Waals surface area contributed by atoms with Crippen LogP contribution < -0.4 is 5.32 Å². The number of nitrogens with one attached hydrogen (secondary N) is 1. The molecule has 3 heterocycles. The van der Waals surface area contributed by atoms with Crippen LogP contribution in [0, 0.1) is 5.92 Å². The zero-order valence-corrected chi connectivity index (χ0v) is 15.1. The lowest BCUT2D eigenvalue weighted by Gasteiger charge is -2.35. The maximum absolute atomic E-state index is 13.2. The van der Waals surface area contributed by atoms with Crippen molar-refractivity contribution in [3.8, 4) is 0 Å². The van der Waals surface area contributed by atoms with Gasteiger partial charge in [-0.05, 0) is 36.8 Å². The Hall–Kier alpha value is -1.66. The van der Waals surface area contributed by atoms with Crippen LogP contribution in [0.25, 0.3) is 0 Å². The molecule has 24 heavy (non-hydrogen) atoms. The molecule has 2 aliphatic rings. The Bertz CT molecular complexity index is 750. The van der Waals surface area contributed by atoms with Crippen LogP contribution in [0.15, 0.2) is 18.5 Å². The van der Waals surface area contributed by atoms with Gasteiger partial charge in [0.1, 0.15) is 11.9 Å². The van der Waals surface area contributed by atoms with E-state index in [0.717, 1.165) is 49.1 Å². The third-order valence-electron chi connectivity index (χ3n) is 5.20. The van der Waals surface area contributed by atoms with Crippen molar-refractivity contribution in [2.75, 3.05) is 19.6 Å². The number of piperazine rings is 1. The average Bonchev–Trinajstić information content (AvgIpc) is 3.19. The highest BCUT2D eigenvalue weighted by Crippen LogP contribution is 2.34. The standard InChI is InChI=1S/C18H24N4OS/c1-12-3-4-15-13(9-12)10-16(24-15)18(23)22-8-5-19-11-14(22)17-20-6-7-21(17)2/h6-7,10,12,14,19H,3-5,8-9,11H2,1-2H3. The molecular weight excluding hydrogens is 320 g/mol. The molecule has 6 heteroatoms. The number of amides is 1. The van der Waals surface area contributed by atoms with Crippen molar-refractivity contribution in [1.82, 2.24) is 19.8 Å². The summed E-state index contributed by atoms with van der Waals surface area (Å²) in [7, 11) is 1.99. The Labute approximate surface area is 146 Å². The zero-order chi connectivity index (χ0) is 16.7. The third-order valence-corrected chi connectivity index (χ3v) is 6.43. The van der Waals surface area contributed by atoms with Crippen molar-refractivity contribution in [3.05, 3.63) is 39.6 Å². The summed E-state index contributed by atoms with van der Waals surface area (Å²) in [4.78, 5) is 22.0. The van der Waals surface area contributed by atoms with Crippen LogP contribution >= 0.6 is 11.3 Å². The van der Waals surface area contributed by atoms with Crippen molar-refractivity contribution in [1.29, 1.82) is 0 Å². The summed E-state index contributed by atoms with van der Waals surface area (Å²) in [5.41, 5.74) is 1.39. The number of rotatable bonds is 2. The largest absolute Gasteiger partial charge is 0.336 e. The summed E-state index contributed by atoms with van der Waals surface area (Å²) in [5.74, 6) is 1.84. The third kappa shape index (κ3) is 2.78. The quantitative estimate of drug-likeness (QED) is 0.910. The molecule has 2 atom stereocenters. The smallest absolute Gasteiger partial charge is 0.264 e. The molecule has 5 nitrogen and oxygen atoms in total. The molecular formula is C18H24N4OS. The van der Waals surface area contributed by atoms with Crippen molar-refractivity contribution >= 4 is 17.2 Å². The molecule has 2 unspecified atom stereocenters. The zero-order valence-electron chi connectivity index (χ0n) is 14.3. The summed E-state index contributed by atoms with van der Waals surface area (Å²) in [5, 5.41) is 3.40. The number of carbonyl (C=O) groups is 1. The maximum Gasteiger partial charge on any atom is 0.264 e. The van der Waals surface area contributed by atoms with Gasteiger partial charge in [-0.15, -0.1) is 11.3 Å². The van der Waals surface area contributed by atoms with Gasteiger partial charge in [0.25, 0.3) is 5.91 Å². The first kappa shape index (κ1) is 15.8. The molecule has 0 radical (unpaired) electrons. The van der Waals surface area contributed by atoms with E-state index in [4.69, 9.17) is 0 Å². The summed E-state index contributed by atoms with van der Waals surface area (Å²) in [6.07, 6.45) is 7.22. The van der Waals surface area contributed by atoms with E-state index in [1.807, 2.05) is 22.7 Å². The first-order chi connectivity index (χ1) is 11.6. The van der Waals surface area contributed by atoms with Gasteiger partial charge in [-0.2, -0.15) is 0 Å². The minimum atomic E-state index is 0.00398. The highest BCUT2D eigenvalue weighted by atomic mass is 32.1. The van der Waals surface area contributed by atoms with Crippen molar-refractivity contribution < 1.29 is 4.79 Å². The van der Waals surface area contributed by atoms with Gasteiger partial charge in [0.15, 0.2) is 0 Å². The van der Waals surface area contributed by atoms with Crippen molar-refractivity contribution in [2.24, 2.45) is 13.0 Å². The predicted octanol–water partition coefficient (Wildman–Crippen LogP) is 2.39. The van der Waals surface area contributed by atoms with Gasteiger partial charge >= 0.3 is 0 Å². The van der Waals surface area contributed by atoms with E-state index in [1.165, 1.54) is 16.9 Å². The van der Waals surface area contributed by atoms with E-state index in [-0.39, 0.29) is 11.9 Å². The Kier molecular flexibility index (Phi) is 4.18. The van der Waals surface area contributed by atoms with Crippen LogP contribution in [-0.4, -0.2) is 40.0 Å². The highest BCUT2D eigenvalue weighted by molar-refractivity contribution is 7.14. The number of fused-ring (bicyclic) bond motifs is 1. The van der Waals surface area contributed by atoms with E-state index >= 15 is 0 Å². The number of aryl methyl sites for hydroxylation is 2. The molecule has 2 aromatic heterocycles. The highest BCUT2D eigenvalue weighted by Gasteiger charge is 2.32. The monoisotopic (exact) mass is 344 g/mol. The van der Waals surface area contributed by atoms with Gasteiger partial charge in [-0.1, -0.05) is 6.92 Å². The summed E-state index contributed by atoms with van der Waals surface area (Å²) >= 11 is 1.70. The Morgan fingerprint density at radius 2 is 2.33 bits per heavy atom. The minimum absolute atomic E-state index is 0.00398. The van der Waals surface area contributed by atoms with E-state index in [9.17, 15) is 4.79 Å².